The minimum absolute atomic E-state index is 0.0394. The van der Waals surface area contributed by atoms with Crippen LogP contribution in [0.2, 0.25) is 0 Å². The molecule has 13 heavy (non-hydrogen) atoms. The zero-order valence-corrected chi connectivity index (χ0v) is 7.37. The molecule has 0 aliphatic carbocycles. The molecule has 0 aromatic carbocycles. The van der Waals surface area contributed by atoms with E-state index in [1.807, 2.05) is 0 Å². The van der Waals surface area contributed by atoms with Crippen LogP contribution in [0, 0.1) is 0 Å². The van der Waals surface area contributed by atoms with Crippen LogP contribution in [0.5, 0.6) is 11.6 Å². The molecule has 0 fully saturated rings. The summed E-state index contributed by atoms with van der Waals surface area (Å²) in [5.74, 6) is -0.420. The van der Waals surface area contributed by atoms with Gasteiger partial charge in [-0.3, -0.25) is 4.79 Å². The van der Waals surface area contributed by atoms with Crippen molar-refractivity contribution in [3.8, 4) is 11.6 Å². The van der Waals surface area contributed by atoms with Gasteiger partial charge in [0.15, 0.2) is 11.5 Å². The highest BCUT2D eigenvalue weighted by Crippen LogP contribution is 2.38. The topological polar surface area (TPSA) is 62.5 Å². The number of hydrogen-bond donors (Lipinski definition) is 2. The molecule has 2 N–H and O–H groups in total. The van der Waals surface area contributed by atoms with Gasteiger partial charge in [0, 0.05) is 6.54 Å². The summed E-state index contributed by atoms with van der Waals surface area (Å²) in [6, 6.07) is 0. The maximum atomic E-state index is 11.1. The summed E-state index contributed by atoms with van der Waals surface area (Å²) in [5.41, 5.74) is 0.748. The zero-order valence-electron chi connectivity index (χ0n) is 7.37. The second kappa shape index (κ2) is 2.52. The number of Topliss-reactive ketones (excluding diaryl/α,β-unsaturated/α-hetero) is 1. The van der Waals surface area contributed by atoms with Crippen molar-refractivity contribution in [3.05, 3.63) is 11.3 Å². The third-order valence-corrected chi connectivity index (χ3v) is 2.46. The first-order valence-electron chi connectivity index (χ1n) is 4.27. The highest BCUT2D eigenvalue weighted by Gasteiger charge is 2.27. The molecule has 1 aliphatic rings. The Morgan fingerprint density at radius 1 is 1.46 bits per heavy atom. The summed E-state index contributed by atoms with van der Waals surface area (Å²) < 4.78 is 1.60. The Morgan fingerprint density at radius 2 is 2.15 bits per heavy atom. The lowest BCUT2D eigenvalue weighted by molar-refractivity contribution is 0.101. The summed E-state index contributed by atoms with van der Waals surface area (Å²) in [5, 5.41) is 19.2. The standard InChI is InChI=1S/C9H11NO3/c1-5(11)7-8(12)6-3-2-4-10(6)9(7)13/h12-13H,2-4H2,1H3. The van der Waals surface area contributed by atoms with E-state index >= 15 is 0 Å². The molecule has 0 atom stereocenters. The molecule has 1 aliphatic heterocycles. The van der Waals surface area contributed by atoms with Gasteiger partial charge >= 0.3 is 0 Å². The summed E-state index contributed by atoms with van der Waals surface area (Å²) in [4.78, 5) is 11.1. The van der Waals surface area contributed by atoms with E-state index < -0.39 is 0 Å². The van der Waals surface area contributed by atoms with Gasteiger partial charge in [-0.05, 0) is 19.8 Å². The molecular formula is C9H11NO3. The number of aromatic hydroxyl groups is 2. The monoisotopic (exact) mass is 181 g/mol. The molecule has 2 rings (SSSR count). The molecular weight excluding hydrogens is 170 g/mol. The average Bonchev–Trinajstić information content (AvgIpc) is 2.56. The number of fused-ring (bicyclic) bond motifs is 1. The lowest BCUT2D eigenvalue weighted by Crippen LogP contribution is -1.94. The van der Waals surface area contributed by atoms with Gasteiger partial charge in [0.25, 0.3) is 0 Å². The smallest absolute Gasteiger partial charge is 0.206 e. The Labute approximate surface area is 75.4 Å². The second-order valence-corrected chi connectivity index (χ2v) is 3.31. The number of aromatic nitrogens is 1. The first-order valence-corrected chi connectivity index (χ1v) is 4.27. The Morgan fingerprint density at radius 3 is 2.69 bits per heavy atom. The summed E-state index contributed by atoms with van der Waals surface area (Å²) in [7, 11) is 0. The predicted octanol–water partition coefficient (Wildman–Crippen LogP) is 1.05. The van der Waals surface area contributed by atoms with Crippen molar-refractivity contribution in [1.82, 2.24) is 4.57 Å². The molecule has 0 bridgehead atoms. The molecule has 4 nitrogen and oxygen atoms in total. The average molecular weight is 181 g/mol. The highest BCUT2D eigenvalue weighted by molar-refractivity contribution is 5.99. The van der Waals surface area contributed by atoms with Crippen LogP contribution >= 0.6 is 0 Å². The predicted molar refractivity (Wildman–Crippen MR) is 46.1 cm³/mol. The van der Waals surface area contributed by atoms with E-state index in [-0.39, 0.29) is 23.0 Å². The van der Waals surface area contributed by atoms with Crippen LogP contribution in [0.15, 0.2) is 0 Å². The number of ketones is 1. The van der Waals surface area contributed by atoms with E-state index in [2.05, 4.69) is 0 Å². The number of nitrogens with zero attached hydrogens (tertiary/aromatic N) is 1. The van der Waals surface area contributed by atoms with Gasteiger partial charge in [-0.25, -0.2) is 0 Å². The van der Waals surface area contributed by atoms with Crippen LogP contribution in [0.3, 0.4) is 0 Å². The molecule has 1 aromatic rings. The third kappa shape index (κ3) is 0.946. The van der Waals surface area contributed by atoms with Crippen LogP contribution in [0.4, 0.5) is 0 Å². The van der Waals surface area contributed by atoms with Gasteiger partial charge in [0.05, 0.1) is 5.69 Å². The van der Waals surface area contributed by atoms with Crippen LogP contribution < -0.4 is 0 Å². The van der Waals surface area contributed by atoms with Gasteiger partial charge in [-0.1, -0.05) is 0 Å². The first kappa shape index (κ1) is 8.16. The van der Waals surface area contributed by atoms with Crippen molar-refractivity contribution in [2.24, 2.45) is 0 Å². The minimum Gasteiger partial charge on any atom is -0.505 e. The fourth-order valence-electron chi connectivity index (χ4n) is 1.86. The normalized spacial score (nSPS) is 14.5. The Hall–Kier alpha value is -1.45. The SMILES string of the molecule is CC(=O)c1c(O)c2n(c1O)CCC2. The molecule has 1 aromatic heterocycles. The fraction of sp³-hybridized carbons (Fsp3) is 0.444. The lowest BCUT2D eigenvalue weighted by atomic mass is 10.1. The molecule has 0 spiro atoms. The number of carbonyl (C=O) groups is 1. The van der Waals surface area contributed by atoms with E-state index in [0.717, 1.165) is 12.8 Å². The minimum atomic E-state index is -0.295. The van der Waals surface area contributed by atoms with Crippen LogP contribution in [-0.2, 0) is 13.0 Å². The van der Waals surface area contributed by atoms with E-state index in [1.165, 1.54) is 6.92 Å². The molecule has 0 amide bonds. The number of hydrogen-bond acceptors (Lipinski definition) is 3. The van der Waals surface area contributed by atoms with Crippen LogP contribution in [0.25, 0.3) is 0 Å². The van der Waals surface area contributed by atoms with Crippen molar-refractivity contribution >= 4 is 5.78 Å². The van der Waals surface area contributed by atoms with Gasteiger partial charge in [0.2, 0.25) is 5.88 Å². The molecule has 0 saturated heterocycles. The zero-order chi connectivity index (χ0) is 9.59. The molecule has 4 heteroatoms. The van der Waals surface area contributed by atoms with E-state index in [1.54, 1.807) is 4.57 Å². The molecule has 70 valence electrons. The fourth-order valence-corrected chi connectivity index (χ4v) is 1.86. The number of rotatable bonds is 1. The maximum absolute atomic E-state index is 11.1. The Balaban J connectivity index is 2.66. The molecule has 0 radical (unpaired) electrons. The van der Waals surface area contributed by atoms with E-state index in [9.17, 15) is 15.0 Å². The summed E-state index contributed by atoms with van der Waals surface area (Å²) >= 11 is 0. The van der Waals surface area contributed by atoms with Crippen LogP contribution in [-0.4, -0.2) is 20.6 Å². The van der Waals surface area contributed by atoms with E-state index in [0.29, 0.717) is 12.2 Å². The third-order valence-electron chi connectivity index (χ3n) is 2.46. The van der Waals surface area contributed by atoms with Crippen molar-refractivity contribution in [2.45, 2.75) is 26.3 Å². The van der Waals surface area contributed by atoms with Gasteiger partial charge in [-0.15, -0.1) is 0 Å². The maximum Gasteiger partial charge on any atom is 0.206 e. The molecule has 0 unspecified atom stereocenters. The van der Waals surface area contributed by atoms with Crippen molar-refractivity contribution in [3.63, 3.8) is 0 Å². The van der Waals surface area contributed by atoms with Crippen molar-refractivity contribution in [1.29, 1.82) is 0 Å². The largest absolute Gasteiger partial charge is 0.505 e. The van der Waals surface area contributed by atoms with Crippen molar-refractivity contribution < 1.29 is 15.0 Å². The highest BCUT2D eigenvalue weighted by atomic mass is 16.3. The Kier molecular flexibility index (Phi) is 1.58. The van der Waals surface area contributed by atoms with Gasteiger partial charge in [-0.2, -0.15) is 0 Å². The summed E-state index contributed by atoms with van der Waals surface area (Å²) in [6.45, 7) is 2.02. The van der Waals surface area contributed by atoms with Gasteiger partial charge < -0.3 is 14.8 Å². The van der Waals surface area contributed by atoms with Gasteiger partial charge in [0.1, 0.15) is 5.56 Å². The number of carbonyl (C=O) groups excluding carboxylic acids is 1. The molecule has 2 heterocycles. The quantitative estimate of drug-likeness (QED) is 0.636. The van der Waals surface area contributed by atoms with E-state index in [4.69, 9.17) is 0 Å². The Bertz CT molecular complexity index is 351. The first-order chi connectivity index (χ1) is 6.13. The lowest BCUT2D eigenvalue weighted by Gasteiger charge is -1.98. The van der Waals surface area contributed by atoms with Crippen LogP contribution in [0.1, 0.15) is 29.4 Å². The second-order valence-electron chi connectivity index (χ2n) is 3.31. The summed E-state index contributed by atoms with van der Waals surface area (Å²) in [6.07, 6.45) is 1.64. The van der Waals surface area contributed by atoms with Crippen molar-refractivity contribution in [2.75, 3.05) is 0 Å². The molecule has 0 saturated carbocycles.